The van der Waals surface area contributed by atoms with Gasteiger partial charge in [-0.25, -0.2) is 9.18 Å². The van der Waals surface area contributed by atoms with E-state index < -0.39 is 11.8 Å². The summed E-state index contributed by atoms with van der Waals surface area (Å²) in [7, 11) is 0. The molecule has 0 spiro atoms. The van der Waals surface area contributed by atoms with Gasteiger partial charge in [0.25, 0.3) is 0 Å². The van der Waals surface area contributed by atoms with E-state index in [0.717, 1.165) is 6.07 Å². The molecule has 1 aromatic rings. The Morgan fingerprint density at radius 1 is 1.56 bits per heavy atom. The summed E-state index contributed by atoms with van der Waals surface area (Å²) in [4.78, 5) is 11.5. The van der Waals surface area contributed by atoms with E-state index in [9.17, 15) is 9.18 Å². The fourth-order valence-electron chi connectivity index (χ4n) is 1.28. The molecule has 0 heterocycles. The lowest BCUT2D eigenvalue weighted by Gasteiger charge is -2.11. The Kier molecular flexibility index (Phi) is 5.88. The van der Waals surface area contributed by atoms with Crippen LogP contribution in [0.4, 0.5) is 14.9 Å². The van der Waals surface area contributed by atoms with Gasteiger partial charge in [-0.2, -0.15) is 0 Å². The maximum Gasteiger partial charge on any atom is 0.319 e. The normalized spacial score (nSPS) is 12.0. The second kappa shape index (κ2) is 7.18. The van der Waals surface area contributed by atoms with Crippen molar-refractivity contribution in [2.24, 2.45) is 5.92 Å². The molecule has 0 fully saturated rings. The monoisotopic (exact) mass is 274 g/mol. The summed E-state index contributed by atoms with van der Waals surface area (Å²) in [5.41, 5.74) is 0.226. The van der Waals surface area contributed by atoms with E-state index in [1.54, 1.807) is 0 Å². The SMILES string of the molecule is C[C@@H](CO)CCNC(=O)Nc1cc(F)ccc1Cl. The van der Waals surface area contributed by atoms with Crippen LogP contribution in [0.2, 0.25) is 5.02 Å². The van der Waals surface area contributed by atoms with Crippen LogP contribution in [-0.2, 0) is 0 Å². The minimum absolute atomic E-state index is 0.0824. The molecule has 3 N–H and O–H groups in total. The van der Waals surface area contributed by atoms with Crippen molar-refractivity contribution in [3.8, 4) is 0 Å². The topological polar surface area (TPSA) is 61.4 Å². The maximum atomic E-state index is 12.9. The van der Waals surface area contributed by atoms with E-state index in [0.29, 0.717) is 13.0 Å². The lowest BCUT2D eigenvalue weighted by molar-refractivity contribution is 0.227. The van der Waals surface area contributed by atoms with Crippen LogP contribution < -0.4 is 10.6 Å². The zero-order valence-electron chi connectivity index (χ0n) is 10.0. The van der Waals surface area contributed by atoms with Crippen molar-refractivity contribution in [3.05, 3.63) is 29.0 Å². The molecule has 1 rings (SSSR count). The van der Waals surface area contributed by atoms with Gasteiger partial charge < -0.3 is 15.7 Å². The molecule has 0 aromatic heterocycles. The molecule has 100 valence electrons. The van der Waals surface area contributed by atoms with E-state index >= 15 is 0 Å². The standard InChI is InChI=1S/C12H16ClFN2O2/c1-8(7-17)4-5-15-12(18)16-11-6-9(14)2-3-10(11)13/h2-3,6,8,17H,4-5,7H2,1H3,(H2,15,16,18)/t8-/m1/s1. The molecule has 0 aliphatic rings. The highest BCUT2D eigenvalue weighted by molar-refractivity contribution is 6.33. The summed E-state index contributed by atoms with van der Waals surface area (Å²) in [5, 5.41) is 14.1. The summed E-state index contributed by atoms with van der Waals surface area (Å²) in [6.07, 6.45) is 0.667. The fraction of sp³-hybridized carbons (Fsp3) is 0.417. The van der Waals surface area contributed by atoms with Gasteiger partial charge in [-0.15, -0.1) is 0 Å². The van der Waals surface area contributed by atoms with E-state index in [1.807, 2.05) is 6.92 Å². The maximum absolute atomic E-state index is 12.9. The third kappa shape index (κ3) is 4.89. The molecule has 1 atom stereocenters. The summed E-state index contributed by atoms with van der Waals surface area (Å²) in [6.45, 7) is 2.39. The number of anilines is 1. The van der Waals surface area contributed by atoms with Crippen molar-refractivity contribution in [1.29, 1.82) is 0 Å². The summed E-state index contributed by atoms with van der Waals surface area (Å²) in [6, 6.07) is 3.29. The Hall–Kier alpha value is -1.33. The molecular weight excluding hydrogens is 259 g/mol. The molecule has 0 radical (unpaired) electrons. The predicted octanol–water partition coefficient (Wildman–Crippen LogP) is 2.62. The van der Waals surface area contributed by atoms with Gasteiger partial charge in [0.1, 0.15) is 5.82 Å². The molecule has 0 aliphatic carbocycles. The minimum atomic E-state index is -0.469. The highest BCUT2D eigenvalue weighted by Crippen LogP contribution is 2.22. The number of aliphatic hydroxyl groups is 1. The number of amides is 2. The molecular formula is C12H16ClFN2O2. The lowest BCUT2D eigenvalue weighted by Crippen LogP contribution is -2.30. The quantitative estimate of drug-likeness (QED) is 0.773. The molecule has 0 saturated carbocycles. The number of nitrogens with one attached hydrogen (secondary N) is 2. The van der Waals surface area contributed by atoms with Crippen molar-refractivity contribution in [1.82, 2.24) is 5.32 Å². The second-order valence-electron chi connectivity index (χ2n) is 4.08. The van der Waals surface area contributed by atoms with Crippen molar-refractivity contribution in [2.45, 2.75) is 13.3 Å². The van der Waals surface area contributed by atoms with Crippen molar-refractivity contribution in [3.63, 3.8) is 0 Å². The van der Waals surface area contributed by atoms with Crippen LogP contribution in [0.3, 0.4) is 0 Å². The van der Waals surface area contributed by atoms with Crippen LogP contribution in [0, 0.1) is 11.7 Å². The highest BCUT2D eigenvalue weighted by atomic mass is 35.5. The van der Waals surface area contributed by atoms with E-state index in [1.165, 1.54) is 12.1 Å². The van der Waals surface area contributed by atoms with Gasteiger partial charge in [0, 0.05) is 13.2 Å². The van der Waals surface area contributed by atoms with Crippen molar-refractivity contribution < 1.29 is 14.3 Å². The Labute approximate surface area is 110 Å². The van der Waals surface area contributed by atoms with E-state index in [2.05, 4.69) is 10.6 Å². The minimum Gasteiger partial charge on any atom is -0.396 e. The Balaban J connectivity index is 2.42. The zero-order chi connectivity index (χ0) is 13.5. The van der Waals surface area contributed by atoms with Gasteiger partial charge >= 0.3 is 6.03 Å². The lowest BCUT2D eigenvalue weighted by atomic mass is 10.1. The Morgan fingerprint density at radius 2 is 2.28 bits per heavy atom. The zero-order valence-corrected chi connectivity index (χ0v) is 10.8. The average molecular weight is 275 g/mol. The first-order valence-corrected chi connectivity index (χ1v) is 6.01. The number of benzene rings is 1. The number of aliphatic hydroxyl groups excluding tert-OH is 1. The molecule has 2 amide bonds. The molecule has 0 unspecified atom stereocenters. The molecule has 6 heteroatoms. The molecule has 1 aromatic carbocycles. The van der Waals surface area contributed by atoms with Gasteiger partial charge in [-0.1, -0.05) is 18.5 Å². The summed E-state index contributed by atoms with van der Waals surface area (Å²) < 4.78 is 12.9. The number of rotatable bonds is 5. The first-order chi connectivity index (χ1) is 8.52. The number of urea groups is 1. The molecule has 4 nitrogen and oxygen atoms in total. The number of carbonyl (C=O) groups is 1. The largest absolute Gasteiger partial charge is 0.396 e. The Bertz CT molecular complexity index is 415. The van der Waals surface area contributed by atoms with Gasteiger partial charge in [-0.3, -0.25) is 0 Å². The van der Waals surface area contributed by atoms with Crippen LogP contribution in [0.1, 0.15) is 13.3 Å². The second-order valence-corrected chi connectivity index (χ2v) is 4.49. The van der Waals surface area contributed by atoms with Gasteiger partial charge in [-0.05, 0) is 30.5 Å². The number of carbonyl (C=O) groups excluding carboxylic acids is 1. The van der Waals surface area contributed by atoms with Crippen molar-refractivity contribution in [2.75, 3.05) is 18.5 Å². The summed E-state index contributed by atoms with van der Waals surface area (Å²) >= 11 is 5.81. The highest BCUT2D eigenvalue weighted by Gasteiger charge is 2.07. The molecule has 0 saturated heterocycles. The van der Waals surface area contributed by atoms with Gasteiger partial charge in [0.05, 0.1) is 10.7 Å². The number of hydrogen-bond acceptors (Lipinski definition) is 2. The number of halogens is 2. The predicted molar refractivity (Wildman–Crippen MR) is 69.3 cm³/mol. The number of hydrogen-bond donors (Lipinski definition) is 3. The Morgan fingerprint density at radius 3 is 2.94 bits per heavy atom. The summed E-state index contributed by atoms with van der Waals surface area (Å²) in [5.74, 6) is -0.341. The van der Waals surface area contributed by atoms with Gasteiger partial charge in [0.15, 0.2) is 0 Å². The first-order valence-electron chi connectivity index (χ1n) is 5.63. The first kappa shape index (κ1) is 14.7. The van der Waals surface area contributed by atoms with Crippen LogP contribution in [0.25, 0.3) is 0 Å². The van der Waals surface area contributed by atoms with Crippen LogP contribution in [0.15, 0.2) is 18.2 Å². The third-order valence-electron chi connectivity index (χ3n) is 2.41. The van der Waals surface area contributed by atoms with Crippen LogP contribution in [0.5, 0.6) is 0 Å². The van der Waals surface area contributed by atoms with Crippen LogP contribution >= 0.6 is 11.6 Å². The smallest absolute Gasteiger partial charge is 0.319 e. The molecule has 0 aliphatic heterocycles. The van der Waals surface area contributed by atoms with Crippen molar-refractivity contribution >= 4 is 23.3 Å². The van der Waals surface area contributed by atoms with E-state index in [-0.39, 0.29) is 23.2 Å². The average Bonchev–Trinajstić information content (AvgIpc) is 2.33. The van der Waals surface area contributed by atoms with E-state index in [4.69, 9.17) is 16.7 Å². The van der Waals surface area contributed by atoms with Crippen LogP contribution in [-0.4, -0.2) is 24.3 Å². The fourth-order valence-corrected chi connectivity index (χ4v) is 1.45. The molecule has 18 heavy (non-hydrogen) atoms. The van der Waals surface area contributed by atoms with Gasteiger partial charge in [0.2, 0.25) is 0 Å². The third-order valence-corrected chi connectivity index (χ3v) is 2.74. The molecule has 0 bridgehead atoms.